The number of para-hydroxylation sites is 1. The van der Waals surface area contributed by atoms with Crippen LogP contribution in [0, 0.1) is 0 Å². The van der Waals surface area contributed by atoms with Gasteiger partial charge in [0.05, 0.1) is 28.7 Å². The summed E-state index contributed by atoms with van der Waals surface area (Å²) < 4.78 is 5.06. The third kappa shape index (κ3) is 2.56. The standard InChI is InChI=1S/C15H12ClN3O3/c1-22-12-6-5-8(7-10(12)16)17-14(20)9-3-2-4-11-13(9)19-15(21)18-11/h2-7H,1H3,(H,17,20)(H2,18,19,21). The molecule has 1 amide bonds. The van der Waals surface area contributed by atoms with Gasteiger partial charge in [-0.05, 0) is 30.3 Å². The highest BCUT2D eigenvalue weighted by atomic mass is 35.5. The van der Waals surface area contributed by atoms with E-state index in [0.29, 0.717) is 33.1 Å². The van der Waals surface area contributed by atoms with E-state index >= 15 is 0 Å². The molecular formula is C15H12ClN3O3. The van der Waals surface area contributed by atoms with E-state index in [1.165, 1.54) is 7.11 Å². The second-order valence-corrected chi connectivity index (χ2v) is 5.02. The fraction of sp³-hybridized carbons (Fsp3) is 0.0667. The fourth-order valence-electron chi connectivity index (χ4n) is 2.19. The molecule has 0 spiro atoms. The lowest BCUT2D eigenvalue weighted by atomic mass is 10.1. The van der Waals surface area contributed by atoms with E-state index in [4.69, 9.17) is 16.3 Å². The Morgan fingerprint density at radius 2 is 2.05 bits per heavy atom. The number of fused-ring (bicyclic) bond motifs is 1. The minimum absolute atomic E-state index is 0.345. The van der Waals surface area contributed by atoms with Crippen LogP contribution in [0.5, 0.6) is 5.75 Å². The van der Waals surface area contributed by atoms with Gasteiger partial charge in [-0.3, -0.25) is 4.79 Å². The number of nitrogens with one attached hydrogen (secondary N) is 3. The molecule has 6 nitrogen and oxygen atoms in total. The number of methoxy groups -OCH3 is 1. The van der Waals surface area contributed by atoms with Crippen LogP contribution < -0.4 is 15.7 Å². The van der Waals surface area contributed by atoms with Crippen molar-refractivity contribution in [2.45, 2.75) is 0 Å². The van der Waals surface area contributed by atoms with Gasteiger partial charge in [-0.1, -0.05) is 17.7 Å². The molecule has 0 bridgehead atoms. The van der Waals surface area contributed by atoms with E-state index in [-0.39, 0.29) is 11.6 Å². The number of H-pyrrole nitrogens is 2. The Bertz CT molecular complexity index is 914. The molecule has 1 aromatic heterocycles. The molecule has 3 N–H and O–H groups in total. The van der Waals surface area contributed by atoms with Gasteiger partial charge in [0.25, 0.3) is 5.91 Å². The molecule has 7 heteroatoms. The first-order valence-corrected chi connectivity index (χ1v) is 6.82. The van der Waals surface area contributed by atoms with Crippen molar-refractivity contribution in [2.75, 3.05) is 12.4 Å². The van der Waals surface area contributed by atoms with E-state index in [0.717, 1.165) is 0 Å². The maximum atomic E-state index is 12.4. The SMILES string of the molecule is COc1ccc(NC(=O)c2cccc3[nH]c(=O)[nH]c23)cc1Cl. The summed E-state index contributed by atoms with van der Waals surface area (Å²) in [5.74, 6) is 0.179. The summed E-state index contributed by atoms with van der Waals surface area (Å²) in [5, 5.41) is 3.13. The summed E-state index contributed by atoms with van der Waals surface area (Å²) >= 11 is 6.03. The molecule has 0 saturated heterocycles. The third-order valence-corrected chi connectivity index (χ3v) is 3.50. The van der Waals surface area contributed by atoms with E-state index in [1.54, 1.807) is 36.4 Å². The summed E-state index contributed by atoms with van der Waals surface area (Å²) in [4.78, 5) is 29.0. The third-order valence-electron chi connectivity index (χ3n) is 3.21. The van der Waals surface area contributed by atoms with Crippen LogP contribution in [0.2, 0.25) is 5.02 Å². The van der Waals surface area contributed by atoms with Crippen molar-refractivity contribution in [2.24, 2.45) is 0 Å². The number of anilines is 1. The Morgan fingerprint density at radius 3 is 2.77 bits per heavy atom. The number of carbonyl (C=O) groups excluding carboxylic acids is 1. The number of hydrogen-bond acceptors (Lipinski definition) is 3. The first-order chi connectivity index (χ1) is 10.6. The lowest BCUT2D eigenvalue weighted by Crippen LogP contribution is -2.12. The number of aromatic nitrogens is 2. The smallest absolute Gasteiger partial charge is 0.323 e. The maximum absolute atomic E-state index is 12.4. The van der Waals surface area contributed by atoms with Gasteiger partial charge in [0, 0.05) is 5.69 Å². The predicted molar refractivity (Wildman–Crippen MR) is 84.9 cm³/mol. The van der Waals surface area contributed by atoms with Crippen LogP contribution in [0.15, 0.2) is 41.2 Å². The van der Waals surface area contributed by atoms with Gasteiger partial charge in [0.2, 0.25) is 0 Å². The normalized spacial score (nSPS) is 10.6. The number of benzene rings is 2. The van der Waals surface area contributed by atoms with E-state index in [9.17, 15) is 9.59 Å². The zero-order valence-electron chi connectivity index (χ0n) is 11.6. The van der Waals surface area contributed by atoms with Crippen molar-refractivity contribution in [3.8, 4) is 5.75 Å². The number of rotatable bonds is 3. The number of halogens is 1. The molecule has 3 rings (SSSR count). The monoisotopic (exact) mass is 317 g/mol. The summed E-state index contributed by atoms with van der Waals surface area (Å²) in [6.45, 7) is 0. The average molecular weight is 318 g/mol. The minimum Gasteiger partial charge on any atom is -0.495 e. The maximum Gasteiger partial charge on any atom is 0.323 e. The Balaban J connectivity index is 1.93. The number of imidazole rings is 1. The first kappa shape index (κ1) is 14.2. The van der Waals surface area contributed by atoms with Gasteiger partial charge >= 0.3 is 5.69 Å². The molecule has 0 atom stereocenters. The molecule has 3 aromatic rings. The van der Waals surface area contributed by atoms with Crippen LogP contribution in [0.4, 0.5) is 5.69 Å². The molecule has 0 unspecified atom stereocenters. The first-order valence-electron chi connectivity index (χ1n) is 6.44. The molecule has 1 heterocycles. The van der Waals surface area contributed by atoms with Crippen molar-refractivity contribution < 1.29 is 9.53 Å². The molecule has 0 aliphatic carbocycles. The zero-order valence-corrected chi connectivity index (χ0v) is 12.3. The summed E-state index contributed by atoms with van der Waals surface area (Å²) in [6.07, 6.45) is 0. The fourth-order valence-corrected chi connectivity index (χ4v) is 2.45. The molecule has 0 aliphatic rings. The number of carbonyl (C=O) groups is 1. The van der Waals surface area contributed by atoms with Gasteiger partial charge < -0.3 is 20.0 Å². The van der Waals surface area contributed by atoms with Crippen molar-refractivity contribution in [3.63, 3.8) is 0 Å². The van der Waals surface area contributed by atoms with Crippen LogP contribution in [0.3, 0.4) is 0 Å². The van der Waals surface area contributed by atoms with E-state index in [1.807, 2.05) is 0 Å². The predicted octanol–water partition coefficient (Wildman–Crippen LogP) is 2.77. The lowest BCUT2D eigenvalue weighted by molar-refractivity contribution is 0.102. The molecule has 2 aromatic carbocycles. The number of aromatic amines is 2. The Hall–Kier alpha value is -2.73. The second-order valence-electron chi connectivity index (χ2n) is 4.61. The molecular weight excluding hydrogens is 306 g/mol. The van der Waals surface area contributed by atoms with Crippen LogP contribution in [-0.4, -0.2) is 23.0 Å². The van der Waals surface area contributed by atoms with Gasteiger partial charge in [0.15, 0.2) is 0 Å². The van der Waals surface area contributed by atoms with E-state index < -0.39 is 0 Å². The number of ether oxygens (including phenoxy) is 1. The lowest BCUT2D eigenvalue weighted by Gasteiger charge is -2.08. The largest absolute Gasteiger partial charge is 0.495 e. The molecule has 0 radical (unpaired) electrons. The van der Waals surface area contributed by atoms with Gasteiger partial charge in [0.1, 0.15) is 5.75 Å². The summed E-state index contributed by atoms with van der Waals surface area (Å²) in [7, 11) is 1.52. The molecule has 0 aliphatic heterocycles. The number of amides is 1. The van der Waals surface area contributed by atoms with Crippen molar-refractivity contribution in [1.82, 2.24) is 9.97 Å². The van der Waals surface area contributed by atoms with Crippen molar-refractivity contribution in [3.05, 3.63) is 57.5 Å². The topological polar surface area (TPSA) is 87.0 Å². The second kappa shape index (κ2) is 5.57. The molecule has 0 saturated carbocycles. The van der Waals surface area contributed by atoms with Gasteiger partial charge in [-0.25, -0.2) is 4.79 Å². The minimum atomic E-state index is -0.359. The Morgan fingerprint density at radius 1 is 1.23 bits per heavy atom. The zero-order chi connectivity index (χ0) is 15.7. The molecule has 0 fully saturated rings. The molecule has 112 valence electrons. The highest BCUT2D eigenvalue weighted by molar-refractivity contribution is 6.32. The highest BCUT2D eigenvalue weighted by Gasteiger charge is 2.13. The highest BCUT2D eigenvalue weighted by Crippen LogP contribution is 2.27. The van der Waals surface area contributed by atoms with E-state index in [2.05, 4.69) is 15.3 Å². The van der Waals surface area contributed by atoms with Gasteiger partial charge in [-0.15, -0.1) is 0 Å². The molecule has 22 heavy (non-hydrogen) atoms. The van der Waals surface area contributed by atoms with Crippen LogP contribution in [0.1, 0.15) is 10.4 Å². The van der Waals surface area contributed by atoms with Crippen LogP contribution in [0.25, 0.3) is 11.0 Å². The van der Waals surface area contributed by atoms with Gasteiger partial charge in [-0.2, -0.15) is 0 Å². The van der Waals surface area contributed by atoms with Crippen molar-refractivity contribution >= 4 is 34.2 Å². The average Bonchev–Trinajstić information content (AvgIpc) is 2.87. The van der Waals surface area contributed by atoms with Crippen LogP contribution >= 0.6 is 11.6 Å². The summed E-state index contributed by atoms with van der Waals surface area (Å²) in [5.41, 5.74) is 1.58. The summed E-state index contributed by atoms with van der Waals surface area (Å²) in [6, 6.07) is 9.99. The van der Waals surface area contributed by atoms with Crippen molar-refractivity contribution in [1.29, 1.82) is 0 Å². The Kier molecular flexibility index (Phi) is 3.60. The van der Waals surface area contributed by atoms with Crippen LogP contribution in [-0.2, 0) is 0 Å². The number of hydrogen-bond donors (Lipinski definition) is 3. The quantitative estimate of drug-likeness (QED) is 0.694. The Labute approximate surface area is 130 Å².